The summed E-state index contributed by atoms with van der Waals surface area (Å²) < 4.78 is 23.7. The number of quaternary nitrogens is 1. The van der Waals surface area contributed by atoms with Gasteiger partial charge in [0.05, 0.1) is 39.9 Å². The second-order valence-corrected chi connectivity index (χ2v) is 24.6. The lowest BCUT2D eigenvalue weighted by atomic mass is 10.0. The van der Waals surface area contributed by atoms with Crippen molar-refractivity contribution >= 4 is 13.7 Å². The van der Waals surface area contributed by atoms with E-state index in [9.17, 15) is 19.4 Å². The molecule has 0 rings (SSSR count). The Morgan fingerprint density at radius 2 is 0.753 bits per heavy atom. The molecule has 73 heavy (non-hydrogen) atoms. The van der Waals surface area contributed by atoms with Gasteiger partial charge in [-0.1, -0.05) is 288 Å². The summed E-state index contributed by atoms with van der Waals surface area (Å²) in [5, 5.41) is 14.0. The lowest BCUT2D eigenvalue weighted by Crippen LogP contribution is -2.45. The summed E-state index contributed by atoms with van der Waals surface area (Å²) in [6, 6.07) is -0.864. The summed E-state index contributed by atoms with van der Waals surface area (Å²) >= 11 is 0. The average molecular weight is 1050 g/mol. The average Bonchev–Trinajstić information content (AvgIpc) is 3.35. The molecule has 0 heterocycles. The fraction of sp³-hybridized carbons (Fsp3) is 0.891. The molecule has 432 valence electrons. The SMILES string of the molecule is CCCCCCCCCC/C=C\CCCCCCCCCCCCCC(=O)NC(COP(=O)(O)OCC[N+](C)(C)C)C(O)/C=C/CC/C=C/CCCCCCCCCCCCCCCCCCCCCCCC. The maximum absolute atomic E-state index is 13.0. The third-order valence-corrected chi connectivity index (χ3v) is 15.6. The summed E-state index contributed by atoms with van der Waals surface area (Å²) in [6.07, 6.45) is 72.7. The predicted molar refractivity (Wildman–Crippen MR) is 318 cm³/mol. The molecule has 3 N–H and O–H groups in total. The second kappa shape index (κ2) is 55.5. The lowest BCUT2D eigenvalue weighted by Gasteiger charge is -2.25. The van der Waals surface area contributed by atoms with Gasteiger partial charge >= 0.3 is 7.82 Å². The van der Waals surface area contributed by atoms with Gasteiger partial charge in [-0.3, -0.25) is 13.8 Å². The van der Waals surface area contributed by atoms with Crippen LogP contribution in [0.15, 0.2) is 36.5 Å². The minimum atomic E-state index is -4.36. The summed E-state index contributed by atoms with van der Waals surface area (Å²) in [6.45, 7) is 4.84. The molecular weight excluding hydrogens is 924 g/mol. The monoisotopic (exact) mass is 1050 g/mol. The molecule has 0 aliphatic heterocycles. The Bertz CT molecular complexity index is 1280. The Labute approximate surface area is 455 Å². The fourth-order valence-electron chi connectivity index (χ4n) is 9.59. The van der Waals surface area contributed by atoms with E-state index in [2.05, 4.69) is 43.5 Å². The Kier molecular flexibility index (Phi) is 54.5. The maximum Gasteiger partial charge on any atom is 0.472 e. The molecule has 0 radical (unpaired) electrons. The summed E-state index contributed by atoms with van der Waals surface area (Å²) in [7, 11) is 1.57. The number of phosphoric ester groups is 1. The number of nitrogens with one attached hydrogen (secondary N) is 1. The van der Waals surface area contributed by atoms with Gasteiger partial charge in [0, 0.05) is 6.42 Å². The molecule has 0 spiro atoms. The number of likely N-dealkylation sites (N-methyl/N-ethyl adjacent to an activating group) is 1. The molecule has 8 nitrogen and oxygen atoms in total. The van der Waals surface area contributed by atoms with E-state index in [4.69, 9.17) is 9.05 Å². The molecule has 0 aromatic carbocycles. The number of aliphatic hydroxyl groups excluding tert-OH is 1. The molecule has 9 heteroatoms. The van der Waals surface area contributed by atoms with Gasteiger partial charge in [-0.05, 0) is 57.8 Å². The number of unbranched alkanes of at least 4 members (excludes halogenated alkanes) is 42. The van der Waals surface area contributed by atoms with Gasteiger partial charge in [0.2, 0.25) is 5.91 Å². The Morgan fingerprint density at radius 1 is 0.452 bits per heavy atom. The van der Waals surface area contributed by atoms with Crippen LogP contribution in [-0.4, -0.2) is 73.4 Å². The van der Waals surface area contributed by atoms with Crippen LogP contribution in [0.2, 0.25) is 0 Å². The molecule has 0 aliphatic rings. The zero-order valence-electron chi connectivity index (χ0n) is 49.4. The van der Waals surface area contributed by atoms with Crippen molar-refractivity contribution in [1.82, 2.24) is 5.32 Å². The number of carbonyl (C=O) groups excluding carboxylic acids is 1. The molecule has 1 amide bonds. The third kappa shape index (κ3) is 58.2. The smallest absolute Gasteiger partial charge is 0.387 e. The molecule has 0 fully saturated rings. The van der Waals surface area contributed by atoms with Crippen molar-refractivity contribution in [3.63, 3.8) is 0 Å². The lowest BCUT2D eigenvalue weighted by molar-refractivity contribution is -0.870. The van der Waals surface area contributed by atoms with Crippen LogP contribution in [0.3, 0.4) is 0 Å². The number of phosphoric acid groups is 1. The van der Waals surface area contributed by atoms with Crippen molar-refractivity contribution in [2.24, 2.45) is 0 Å². The Balaban J connectivity index is 4.17. The number of hydrogen-bond donors (Lipinski definition) is 3. The number of hydrogen-bond acceptors (Lipinski definition) is 5. The highest BCUT2D eigenvalue weighted by Crippen LogP contribution is 2.43. The summed E-state index contributed by atoms with van der Waals surface area (Å²) in [5.74, 6) is -0.183. The minimum Gasteiger partial charge on any atom is -0.387 e. The second-order valence-electron chi connectivity index (χ2n) is 23.1. The molecule has 0 aliphatic carbocycles. The van der Waals surface area contributed by atoms with Crippen LogP contribution in [0.4, 0.5) is 0 Å². The van der Waals surface area contributed by atoms with E-state index in [0.717, 1.165) is 38.5 Å². The van der Waals surface area contributed by atoms with E-state index in [0.29, 0.717) is 17.4 Å². The number of rotatable bonds is 59. The highest BCUT2D eigenvalue weighted by Gasteiger charge is 2.27. The van der Waals surface area contributed by atoms with Gasteiger partial charge in [0.1, 0.15) is 13.2 Å². The van der Waals surface area contributed by atoms with Gasteiger partial charge in [0.25, 0.3) is 0 Å². The fourth-order valence-corrected chi connectivity index (χ4v) is 10.3. The molecule has 3 unspecified atom stereocenters. The van der Waals surface area contributed by atoms with Crippen LogP contribution in [0, 0.1) is 0 Å². The van der Waals surface area contributed by atoms with E-state index in [1.54, 1.807) is 6.08 Å². The van der Waals surface area contributed by atoms with Crippen molar-refractivity contribution in [2.75, 3.05) is 40.9 Å². The third-order valence-electron chi connectivity index (χ3n) is 14.6. The molecule has 0 bridgehead atoms. The van der Waals surface area contributed by atoms with Crippen LogP contribution in [0.1, 0.15) is 316 Å². The first-order valence-electron chi connectivity index (χ1n) is 31.9. The van der Waals surface area contributed by atoms with E-state index in [-0.39, 0.29) is 19.1 Å². The van der Waals surface area contributed by atoms with Crippen LogP contribution >= 0.6 is 7.82 Å². The first kappa shape index (κ1) is 71.7. The Hall–Kier alpha value is -1.28. The van der Waals surface area contributed by atoms with Gasteiger partial charge in [0.15, 0.2) is 0 Å². The molecule has 0 saturated heterocycles. The standard InChI is InChI=1S/C64H125N2O6P/c1-6-8-10-12-14-16-18-20-22-24-26-28-30-31-32-33-34-36-37-39-41-43-45-47-49-51-53-55-57-63(67)62(61-72-73(69,70)71-60-59-66(3,4)5)65-64(68)58-56-54-52-50-48-46-44-42-40-38-35-29-27-25-23-21-19-17-15-13-11-9-7-2/h25,27,47,49,55,57,62-63,67H,6-24,26,28-46,48,50-54,56,58-61H2,1-5H3,(H-,65,68,69,70)/p+1/b27-25-,49-47+,57-55+. The van der Waals surface area contributed by atoms with E-state index in [1.165, 1.54) is 257 Å². The van der Waals surface area contributed by atoms with Crippen molar-refractivity contribution in [2.45, 2.75) is 328 Å². The zero-order valence-corrected chi connectivity index (χ0v) is 50.3. The van der Waals surface area contributed by atoms with Crippen LogP contribution in [0.5, 0.6) is 0 Å². The van der Waals surface area contributed by atoms with Crippen molar-refractivity contribution in [1.29, 1.82) is 0 Å². The Morgan fingerprint density at radius 3 is 1.10 bits per heavy atom. The number of allylic oxidation sites excluding steroid dienone is 5. The van der Waals surface area contributed by atoms with Crippen molar-refractivity contribution in [3.8, 4) is 0 Å². The quantitative estimate of drug-likeness (QED) is 0.0243. The first-order chi connectivity index (χ1) is 35.5. The van der Waals surface area contributed by atoms with E-state index >= 15 is 0 Å². The van der Waals surface area contributed by atoms with E-state index < -0.39 is 20.0 Å². The predicted octanol–water partition coefficient (Wildman–Crippen LogP) is 19.7. The van der Waals surface area contributed by atoms with Gasteiger partial charge in [-0.15, -0.1) is 0 Å². The molecule has 0 saturated carbocycles. The van der Waals surface area contributed by atoms with Crippen molar-refractivity contribution < 1.29 is 32.9 Å². The normalized spacial score (nSPS) is 14.0. The molecule has 3 atom stereocenters. The minimum absolute atomic E-state index is 0.0570. The van der Waals surface area contributed by atoms with Crippen molar-refractivity contribution in [3.05, 3.63) is 36.5 Å². The zero-order chi connectivity index (χ0) is 53.5. The highest BCUT2D eigenvalue weighted by atomic mass is 31.2. The van der Waals surface area contributed by atoms with Crippen LogP contribution in [0.25, 0.3) is 0 Å². The van der Waals surface area contributed by atoms with Gasteiger partial charge < -0.3 is 19.8 Å². The molecular formula is C64H126N2O6P+. The molecule has 0 aromatic rings. The van der Waals surface area contributed by atoms with Gasteiger partial charge in [-0.25, -0.2) is 4.57 Å². The van der Waals surface area contributed by atoms with Gasteiger partial charge in [-0.2, -0.15) is 0 Å². The largest absolute Gasteiger partial charge is 0.472 e. The van der Waals surface area contributed by atoms with E-state index in [1.807, 2.05) is 27.2 Å². The summed E-state index contributed by atoms with van der Waals surface area (Å²) in [4.78, 5) is 23.3. The maximum atomic E-state index is 13.0. The molecule has 0 aromatic heterocycles. The first-order valence-corrected chi connectivity index (χ1v) is 33.4. The topological polar surface area (TPSA) is 105 Å². The number of nitrogens with zero attached hydrogens (tertiary/aromatic N) is 1. The number of aliphatic hydroxyl groups is 1. The number of carbonyl (C=O) groups is 1. The summed E-state index contributed by atoms with van der Waals surface area (Å²) in [5.41, 5.74) is 0. The highest BCUT2D eigenvalue weighted by molar-refractivity contribution is 7.47. The van der Waals surface area contributed by atoms with Crippen LogP contribution in [-0.2, 0) is 18.4 Å². The van der Waals surface area contributed by atoms with Crippen LogP contribution < -0.4 is 5.32 Å². The number of amides is 1.